The Kier molecular flexibility index (Phi) is 12.6. The van der Waals surface area contributed by atoms with E-state index in [1.807, 2.05) is 36.4 Å². The maximum atomic E-state index is 14.2. The molecule has 11 nitrogen and oxygen atoms in total. The first-order valence-corrected chi connectivity index (χ1v) is 21.1. The maximum Gasteiger partial charge on any atom is 0.315 e. The van der Waals surface area contributed by atoms with E-state index in [4.69, 9.17) is 23.7 Å². The van der Waals surface area contributed by atoms with E-state index in [9.17, 15) is 14.4 Å². The molecule has 306 valence electrons. The van der Waals surface area contributed by atoms with Crippen LogP contribution >= 0.6 is 0 Å². The number of hydrogen-bond donors (Lipinski definition) is 3. The molecule has 4 aliphatic heterocycles. The van der Waals surface area contributed by atoms with Gasteiger partial charge in [-0.05, 0) is 121 Å². The fourth-order valence-corrected chi connectivity index (χ4v) is 9.27. The average Bonchev–Trinajstić information content (AvgIpc) is 3.68. The standard InChI is InChI=1S/C47H55N3O8/c1-29(51)56-45(39-14-5-8-23-50-39)35-11-9-10-31(24-35)32-17-15-30-16-18-33(26-36(30)25-32)44(38-13-4-7-22-49-38)47(53)55-28-42-57-40-20-19-34(27-41(40)58-42)43(46(52)54-2)37-12-3-6-21-48-37/h9-11,15-20,24-27,37-39,42-45,48-50H,3-8,12-14,21-23,28H2,1-2H3/t37-,38-,39+,42?,43+,44+,45+/m0/s1. The summed E-state index contributed by atoms with van der Waals surface area (Å²) in [5, 5.41) is 12.7. The van der Waals surface area contributed by atoms with E-state index in [2.05, 4.69) is 58.4 Å². The van der Waals surface area contributed by atoms with Crippen LogP contribution < -0.4 is 25.4 Å². The summed E-state index contributed by atoms with van der Waals surface area (Å²) in [5.74, 6) is -0.872. The molecular formula is C47H55N3O8. The lowest BCUT2D eigenvalue weighted by molar-refractivity contribution is -0.153. The number of methoxy groups -OCH3 is 1. The number of rotatable bonds is 12. The van der Waals surface area contributed by atoms with Gasteiger partial charge in [0.1, 0.15) is 6.10 Å². The Bertz CT molecular complexity index is 2090. The third-order valence-electron chi connectivity index (χ3n) is 12.2. The Morgan fingerprint density at radius 2 is 1.26 bits per heavy atom. The van der Waals surface area contributed by atoms with Gasteiger partial charge in [0, 0.05) is 25.0 Å². The summed E-state index contributed by atoms with van der Waals surface area (Å²) in [7, 11) is 1.42. The van der Waals surface area contributed by atoms with Crippen LogP contribution in [-0.2, 0) is 28.6 Å². The molecule has 7 atom stereocenters. The van der Waals surface area contributed by atoms with Gasteiger partial charge in [0.05, 0.1) is 18.9 Å². The van der Waals surface area contributed by atoms with Gasteiger partial charge in [0.15, 0.2) is 18.1 Å². The van der Waals surface area contributed by atoms with E-state index < -0.39 is 18.1 Å². The molecule has 8 rings (SSSR count). The molecule has 0 spiro atoms. The predicted octanol–water partition coefficient (Wildman–Crippen LogP) is 7.22. The Hall–Kier alpha value is -4.97. The van der Waals surface area contributed by atoms with Crippen LogP contribution in [0.2, 0.25) is 0 Å². The normalized spacial score (nSPS) is 23.3. The molecule has 0 aliphatic carbocycles. The first-order valence-electron chi connectivity index (χ1n) is 21.1. The van der Waals surface area contributed by atoms with Gasteiger partial charge < -0.3 is 39.6 Å². The lowest BCUT2D eigenvalue weighted by atomic mass is 9.85. The largest absolute Gasteiger partial charge is 0.469 e. The van der Waals surface area contributed by atoms with Gasteiger partial charge >= 0.3 is 17.9 Å². The Labute approximate surface area is 340 Å². The summed E-state index contributed by atoms with van der Waals surface area (Å²) < 4.78 is 29.3. The van der Waals surface area contributed by atoms with Crippen molar-refractivity contribution in [1.82, 2.24) is 16.0 Å². The number of carbonyl (C=O) groups excluding carboxylic acids is 3. The Morgan fingerprint density at radius 3 is 1.93 bits per heavy atom. The summed E-state index contributed by atoms with van der Waals surface area (Å²) in [6, 6.07) is 26.4. The molecule has 3 fully saturated rings. The SMILES string of the molecule is COC(=O)[C@H](c1ccc2c(c1)OC(COC(=O)[C@H](c1ccc3ccc(-c4cccc([C@@H](OC(C)=O)[C@H]5CCCCN5)c4)cc3c1)[C@@H]1CCCCN1)O2)[C@@H]1CCCCN1. The molecule has 4 aromatic carbocycles. The molecule has 1 unspecified atom stereocenters. The molecule has 58 heavy (non-hydrogen) atoms. The highest BCUT2D eigenvalue weighted by Gasteiger charge is 2.36. The van der Waals surface area contributed by atoms with Crippen LogP contribution in [0.3, 0.4) is 0 Å². The summed E-state index contributed by atoms with van der Waals surface area (Å²) in [6.07, 6.45) is 7.94. The highest BCUT2D eigenvalue weighted by atomic mass is 16.7. The van der Waals surface area contributed by atoms with Crippen molar-refractivity contribution in [1.29, 1.82) is 0 Å². The van der Waals surface area contributed by atoms with Crippen LogP contribution in [0.1, 0.15) is 99.3 Å². The topological polar surface area (TPSA) is 133 Å². The van der Waals surface area contributed by atoms with E-state index >= 15 is 0 Å². The number of fused-ring (bicyclic) bond motifs is 2. The van der Waals surface area contributed by atoms with Gasteiger partial charge in [-0.2, -0.15) is 0 Å². The molecule has 4 heterocycles. The number of benzene rings is 4. The van der Waals surface area contributed by atoms with Crippen LogP contribution in [0.15, 0.2) is 78.9 Å². The lowest BCUT2D eigenvalue weighted by Crippen LogP contribution is -2.43. The van der Waals surface area contributed by atoms with Gasteiger partial charge in [-0.15, -0.1) is 0 Å². The van der Waals surface area contributed by atoms with Crippen molar-refractivity contribution in [2.75, 3.05) is 33.4 Å². The zero-order chi connectivity index (χ0) is 40.0. The summed E-state index contributed by atoms with van der Waals surface area (Å²) in [5.41, 5.74) is 4.70. The minimum atomic E-state index is -0.817. The smallest absolute Gasteiger partial charge is 0.315 e. The molecule has 0 saturated carbocycles. The Morgan fingerprint density at radius 1 is 0.638 bits per heavy atom. The summed E-state index contributed by atoms with van der Waals surface area (Å²) in [4.78, 5) is 39.2. The molecule has 3 N–H and O–H groups in total. The van der Waals surface area contributed by atoms with Crippen LogP contribution in [0.5, 0.6) is 11.5 Å². The van der Waals surface area contributed by atoms with Crippen molar-refractivity contribution in [3.63, 3.8) is 0 Å². The van der Waals surface area contributed by atoms with Gasteiger partial charge in [-0.25, -0.2) is 0 Å². The molecule has 4 aliphatic rings. The zero-order valence-electron chi connectivity index (χ0n) is 33.5. The quantitative estimate of drug-likeness (QED) is 0.0993. The molecule has 0 aromatic heterocycles. The van der Waals surface area contributed by atoms with Gasteiger partial charge in [0.2, 0.25) is 0 Å². The van der Waals surface area contributed by atoms with Gasteiger partial charge in [-0.1, -0.05) is 73.9 Å². The lowest BCUT2D eigenvalue weighted by Gasteiger charge is -2.31. The Balaban J connectivity index is 0.994. The molecule has 0 radical (unpaired) electrons. The van der Waals surface area contributed by atoms with Crippen molar-refractivity contribution >= 4 is 28.7 Å². The van der Waals surface area contributed by atoms with Crippen molar-refractivity contribution in [2.24, 2.45) is 0 Å². The summed E-state index contributed by atoms with van der Waals surface area (Å²) in [6.45, 7) is 3.99. The van der Waals surface area contributed by atoms with Crippen LogP contribution in [0.25, 0.3) is 21.9 Å². The molecule has 11 heteroatoms. The van der Waals surface area contributed by atoms with Gasteiger partial charge in [0.25, 0.3) is 6.29 Å². The maximum absolute atomic E-state index is 14.2. The minimum absolute atomic E-state index is 0.0215. The number of piperidine rings is 3. The predicted molar refractivity (Wildman–Crippen MR) is 221 cm³/mol. The highest BCUT2D eigenvalue weighted by molar-refractivity contribution is 5.90. The fourth-order valence-electron chi connectivity index (χ4n) is 9.27. The first-order chi connectivity index (χ1) is 28.3. The van der Waals surface area contributed by atoms with E-state index in [1.165, 1.54) is 14.0 Å². The van der Waals surface area contributed by atoms with Crippen LogP contribution in [0.4, 0.5) is 0 Å². The van der Waals surface area contributed by atoms with E-state index in [1.54, 1.807) is 0 Å². The second-order valence-electron chi connectivity index (χ2n) is 16.1. The second kappa shape index (κ2) is 18.3. The van der Waals surface area contributed by atoms with Crippen molar-refractivity contribution in [3.8, 4) is 22.6 Å². The van der Waals surface area contributed by atoms with E-state index in [0.29, 0.717) is 11.5 Å². The minimum Gasteiger partial charge on any atom is -0.469 e. The number of carbonyl (C=O) groups is 3. The number of ether oxygens (including phenoxy) is 5. The molecule has 4 aromatic rings. The van der Waals surface area contributed by atoms with E-state index in [0.717, 1.165) is 116 Å². The first kappa shape index (κ1) is 39.8. The monoisotopic (exact) mass is 789 g/mol. The molecule has 3 saturated heterocycles. The number of esters is 3. The summed E-state index contributed by atoms with van der Waals surface area (Å²) >= 11 is 0. The van der Waals surface area contributed by atoms with E-state index in [-0.39, 0.29) is 48.7 Å². The number of nitrogens with one attached hydrogen (secondary N) is 3. The molecular weight excluding hydrogens is 735 g/mol. The van der Waals surface area contributed by atoms with Crippen LogP contribution in [-0.4, -0.2) is 75.7 Å². The van der Waals surface area contributed by atoms with Crippen molar-refractivity contribution in [3.05, 3.63) is 95.6 Å². The molecule has 0 bridgehead atoms. The zero-order valence-corrected chi connectivity index (χ0v) is 33.5. The average molecular weight is 790 g/mol. The third-order valence-corrected chi connectivity index (χ3v) is 12.2. The number of hydrogen-bond acceptors (Lipinski definition) is 11. The fraction of sp³-hybridized carbons (Fsp3) is 0.468. The molecule has 0 amide bonds. The van der Waals surface area contributed by atoms with Crippen molar-refractivity contribution < 1.29 is 38.1 Å². The highest BCUT2D eigenvalue weighted by Crippen LogP contribution is 2.40. The van der Waals surface area contributed by atoms with Crippen LogP contribution in [0, 0.1) is 0 Å². The third kappa shape index (κ3) is 9.02. The second-order valence-corrected chi connectivity index (χ2v) is 16.1. The van der Waals surface area contributed by atoms with Crippen molar-refractivity contribution in [2.45, 2.75) is 107 Å². The van der Waals surface area contributed by atoms with Gasteiger partial charge in [-0.3, -0.25) is 14.4 Å².